The Balaban J connectivity index is 1.94. The summed E-state index contributed by atoms with van der Waals surface area (Å²) in [5.41, 5.74) is 2.33. The fourth-order valence-electron chi connectivity index (χ4n) is 4.79. The number of hydrogen-bond donors (Lipinski definition) is 2. The highest BCUT2D eigenvalue weighted by atomic mass is 16.7. The molecule has 1 aromatic rings. The number of benzene rings is 1. The fourth-order valence-corrected chi connectivity index (χ4v) is 4.79. The maximum Gasteiger partial charge on any atom is 0.494 e. The highest BCUT2D eigenvalue weighted by molar-refractivity contribution is 6.62. The second-order valence-electron chi connectivity index (χ2n) is 10.7. The zero-order chi connectivity index (χ0) is 21.1. The van der Waals surface area contributed by atoms with Gasteiger partial charge in [0.1, 0.15) is 0 Å². The van der Waals surface area contributed by atoms with Crippen LogP contribution >= 0.6 is 0 Å². The second-order valence-corrected chi connectivity index (χ2v) is 10.7. The van der Waals surface area contributed by atoms with Gasteiger partial charge in [-0.2, -0.15) is 0 Å². The highest BCUT2D eigenvalue weighted by Gasteiger charge is 2.52. The molecule has 0 saturated carbocycles. The van der Waals surface area contributed by atoms with Crippen molar-refractivity contribution >= 4 is 18.7 Å². The summed E-state index contributed by atoms with van der Waals surface area (Å²) in [7, 11) is -0.377. The molecule has 2 atom stereocenters. The summed E-state index contributed by atoms with van der Waals surface area (Å²) in [5.74, 6) is 0. The fraction of sp³-hybridized carbons (Fsp3) is 0.682. The predicted molar refractivity (Wildman–Crippen MR) is 112 cm³/mol. The molecule has 3 rings (SSSR count). The van der Waals surface area contributed by atoms with Crippen LogP contribution in [-0.4, -0.2) is 35.6 Å². The van der Waals surface area contributed by atoms with Gasteiger partial charge in [-0.3, -0.25) is 0 Å². The summed E-state index contributed by atoms with van der Waals surface area (Å²) in [6.45, 7) is 16.7. The average molecular weight is 387 g/mol. The lowest BCUT2D eigenvalue weighted by Crippen LogP contribution is -2.54. The predicted octanol–water partition coefficient (Wildman–Crippen LogP) is 3.87. The Labute approximate surface area is 169 Å². The summed E-state index contributed by atoms with van der Waals surface area (Å²) in [6.07, 6.45) is 0.869. The first-order valence-corrected chi connectivity index (χ1v) is 10.2. The molecule has 2 unspecified atom stereocenters. The molecule has 1 saturated heterocycles. The molecule has 1 aliphatic heterocycles. The minimum absolute atomic E-state index is 0.179. The van der Waals surface area contributed by atoms with Crippen LogP contribution in [0.15, 0.2) is 18.2 Å². The van der Waals surface area contributed by atoms with Crippen LogP contribution in [0.2, 0.25) is 0 Å². The van der Waals surface area contributed by atoms with Crippen molar-refractivity contribution in [2.45, 2.75) is 90.9 Å². The molecule has 1 fully saturated rings. The molecule has 154 valence electrons. The van der Waals surface area contributed by atoms with Crippen LogP contribution in [0.4, 0.5) is 4.79 Å². The van der Waals surface area contributed by atoms with Crippen molar-refractivity contribution in [3.05, 3.63) is 29.3 Å². The number of aryl methyl sites for hydroxylation is 1. The first-order valence-electron chi connectivity index (χ1n) is 10.2. The van der Waals surface area contributed by atoms with Crippen molar-refractivity contribution in [2.75, 3.05) is 0 Å². The Morgan fingerprint density at radius 3 is 2.21 bits per heavy atom. The van der Waals surface area contributed by atoms with Crippen molar-refractivity contribution in [3.63, 3.8) is 0 Å². The summed E-state index contributed by atoms with van der Waals surface area (Å²) >= 11 is 0. The van der Waals surface area contributed by atoms with Crippen LogP contribution in [0.3, 0.4) is 0 Å². The smallest absolute Gasteiger partial charge is 0.465 e. The summed E-state index contributed by atoms with van der Waals surface area (Å²) in [4.78, 5) is 11.5. The van der Waals surface area contributed by atoms with E-state index in [0.717, 1.165) is 18.3 Å². The van der Waals surface area contributed by atoms with E-state index in [4.69, 9.17) is 9.31 Å². The van der Waals surface area contributed by atoms with Gasteiger partial charge in [0.25, 0.3) is 0 Å². The minimum Gasteiger partial charge on any atom is -0.465 e. The molecule has 1 aliphatic carbocycles. The molecule has 2 aliphatic rings. The molecule has 2 N–H and O–H groups in total. The summed E-state index contributed by atoms with van der Waals surface area (Å²) < 4.78 is 12.4. The third kappa shape index (κ3) is 3.46. The number of nitrogens with one attached hydrogen (secondary N) is 1. The quantitative estimate of drug-likeness (QED) is 0.773. The van der Waals surface area contributed by atoms with Crippen molar-refractivity contribution in [3.8, 4) is 0 Å². The van der Waals surface area contributed by atoms with Crippen LogP contribution in [0.5, 0.6) is 0 Å². The maximum atomic E-state index is 11.5. The van der Waals surface area contributed by atoms with E-state index < -0.39 is 6.09 Å². The Kier molecular flexibility index (Phi) is 4.91. The first kappa shape index (κ1) is 21.2. The zero-order valence-corrected chi connectivity index (χ0v) is 18.5. The van der Waals surface area contributed by atoms with E-state index >= 15 is 0 Å². The zero-order valence-electron chi connectivity index (χ0n) is 18.5. The highest BCUT2D eigenvalue weighted by Crippen LogP contribution is 2.46. The first-order chi connectivity index (χ1) is 12.7. The van der Waals surface area contributed by atoms with Gasteiger partial charge in [0.2, 0.25) is 0 Å². The van der Waals surface area contributed by atoms with E-state index in [1.165, 1.54) is 11.1 Å². The van der Waals surface area contributed by atoms with E-state index in [0.29, 0.717) is 0 Å². The molecule has 0 bridgehead atoms. The lowest BCUT2D eigenvalue weighted by atomic mass is 9.66. The molecule has 5 nitrogen and oxygen atoms in total. The van der Waals surface area contributed by atoms with E-state index in [1.54, 1.807) is 0 Å². The van der Waals surface area contributed by atoms with Crippen molar-refractivity contribution in [1.29, 1.82) is 0 Å². The largest absolute Gasteiger partial charge is 0.494 e. The van der Waals surface area contributed by atoms with Crippen molar-refractivity contribution in [1.82, 2.24) is 5.32 Å². The third-order valence-corrected chi connectivity index (χ3v) is 6.95. The lowest BCUT2D eigenvalue weighted by molar-refractivity contribution is 0.00578. The molecule has 1 heterocycles. The number of hydrogen-bond acceptors (Lipinski definition) is 3. The van der Waals surface area contributed by atoms with Gasteiger partial charge in [0, 0.05) is 11.5 Å². The molecule has 1 amide bonds. The van der Waals surface area contributed by atoms with Gasteiger partial charge in [-0.25, -0.2) is 4.79 Å². The minimum atomic E-state index is -0.969. The van der Waals surface area contributed by atoms with Crippen LogP contribution in [-0.2, 0) is 21.1 Å². The van der Waals surface area contributed by atoms with Crippen LogP contribution in [0, 0.1) is 5.41 Å². The van der Waals surface area contributed by atoms with Gasteiger partial charge < -0.3 is 19.7 Å². The molecule has 0 spiro atoms. The monoisotopic (exact) mass is 387 g/mol. The van der Waals surface area contributed by atoms with E-state index in [-0.39, 0.29) is 35.2 Å². The molecule has 1 aromatic carbocycles. The van der Waals surface area contributed by atoms with Crippen LogP contribution in [0.25, 0.3) is 0 Å². The molecule has 6 heteroatoms. The van der Waals surface area contributed by atoms with Crippen molar-refractivity contribution < 1.29 is 19.2 Å². The van der Waals surface area contributed by atoms with Gasteiger partial charge in [-0.05, 0) is 62.5 Å². The third-order valence-electron chi connectivity index (χ3n) is 6.95. The number of amides is 1. The average Bonchev–Trinajstić information content (AvgIpc) is 2.98. The molecule has 28 heavy (non-hydrogen) atoms. The van der Waals surface area contributed by atoms with Crippen molar-refractivity contribution in [2.24, 2.45) is 5.41 Å². The molecular weight excluding hydrogens is 353 g/mol. The topological polar surface area (TPSA) is 67.8 Å². The van der Waals surface area contributed by atoms with Crippen LogP contribution in [0.1, 0.15) is 72.9 Å². The number of carboxylic acid groups (broad SMARTS) is 1. The summed E-state index contributed by atoms with van der Waals surface area (Å²) in [5, 5.41) is 12.2. The molecule has 0 aromatic heterocycles. The van der Waals surface area contributed by atoms with Crippen LogP contribution < -0.4 is 10.8 Å². The van der Waals surface area contributed by atoms with Gasteiger partial charge in [-0.15, -0.1) is 0 Å². The van der Waals surface area contributed by atoms with E-state index in [2.05, 4.69) is 78.9 Å². The van der Waals surface area contributed by atoms with Gasteiger partial charge in [0.15, 0.2) is 0 Å². The lowest BCUT2D eigenvalue weighted by Gasteiger charge is -2.43. The Morgan fingerprint density at radius 1 is 1.14 bits per heavy atom. The molecular formula is C22H34BNO4. The van der Waals surface area contributed by atoms with Gasteiger partial charge in [-0.1, -0.05) is 45.9 Å². The normalized spacial score (nSPS) is 26.8. The molecule has 0 radical (unpaired) electrons. The van der Waals surface area contributed by atoms with E-state index in [9.17, 15) is 9.90 Å². The second kappa shape index (κ2) is 6.49. The van der Waals surface area contributed by atoms with Gasteiger partial charge >= 0.3 is 13.2 Å². The Hall–Kier alpha value is -1.53. The summed E-state index contributed by atoms with van der Waals surface area (Å²) in [6, 6.07) is 6.22. The SMILES string of the molecule is CC(C)(C)C(NC(=O)O)C1(C)CCc2cc(B3OC(C)(C)C(C)(C)O3)ccc21. The Morgan fingerprint density at radius 2 is 1.71 bits per heavy atom. The Bertz CT molecular complexity index is 767. The standard InChI is InChI=1S/C22H34BNO4/c1-19(2,3)17(24-18(25)26)22(8)12-11-14-13-15(9-10-16(14)22)23-27-20(4,5)21(6,7)28-23/h9-10,13,17,24H,11-12H2,1-8H3,(H,25,26). The van der Waals surface area contributed by atoms with Gasteiger partial charge in [0.05, 0.1) is 11.2 Å². The number of carbonyl (C=O) groups is 1. The number of rotatable bonds is 3. The maximum absolute atomic E-state index is 11.5. The number of fused-ring (bicyclic) bond motifs is 1. The van der Waals surface area contributed by atoms with E-state index in [1.807, 2.05) is 0 Å².